The first-order valence-corrected chi connectivity index (χ1v) is 22.9. The zero-order valence-electron chi connectivity index (χ0n) is 35.4. The number of carbonyl (C=O) groups excluding carboxylic acids is 1. The summed E-state index contributed by atoms with van der Waals surface area (Å²) in [4.78, 5) is 23.7. The first-order chi connectivity index (χ1) is 28.1. The molecular weight excluding hydrogens is 749 g/mol. The number of carbonyl (C=O) groups is 1. The van der Waals surface area contributed by atoms with Gasteiger partial charge in [-0.2, -0.15) is 0 Å². The molecule has 2 fully saturated rings. The van der Waals surface area contributed by atoms with Crippen molar-refractivity contribution >= 4 is 23.4 Å². The third-order valence-electron chi connectivity index (χ3n) is 12.5. The van der Waals surface area contributed by atoms with E-state index in [-0.39, 0.29) is 49.4 Å². The first-order valence-electron chi connectivity index (χ1n) is 21.9. The second-order valence-electron chi connectivity index (χ2n) is 17.7. The van der Waals surface area contributed by atoms with Gasteiger partial charge in [-0.25, -0.2) is 0 Å². The second kappa shape index (κ2) is 20.8. The van der Waals surface area contributed by atoms with Gasteiger partial charge in [-0.15, -0.1) is 18.3 Å². The lowest BCUT2D eigenvalue weighted by Crippen LogP contribution is -2.69. The molecule has 0 aromatic heterocycles. The van der Waals surface area contributed by atoms with E-state index in [9.17, 15) is 15.0 Å². The average molecular weight is 817 g/mol. The highest BCUT2D eigenvalue weighted by Crippen LogP contribution is 2.62. The van der Waals surface area contributed by atoms with E-state index in [4.69, 9.17) is 24.2 Å². The van der Waals surface area contributed by atoms with Crippen molar-refractivity contribution in [2.45, 2.75) is 132 Å². The molecule has 0 saturated heterocycles. The largest absolute Gasteiger partial charge is 0.493 e. The highest BCUT2D eigenvalue weighted by Gasteiger charge is 2.65. The maximum atomic E-state index is 14.3. The fourth-order valence-corrected chi connectivity index (χ4v) is 10.6. The molecule has 6 atom stereocenters. The smallest absolute Gasteiger partial charge is 0.239 e. The van der Waals surface area contributed by atoms with Crippen molar-refractivity contribution in [2.24, 2.45) is 28.8 Å². The summed E-state index contributed by atoms with van der Waals surface area (Å²) in [5.74, 6) is 1.68. The second-order valence-corrected chi connectivity index (χ2v) is 18.8. The number of ether oxygens (including phenoxy) is 3. The van der Waals surface area contributed by atoms with Crippen LogP contribution in [-0.2, 0) is 14.4 Å². The molecule has 3 aliphatic carbocycles. The Morgan fingerprint density at radius 1 is 1.03 bits per heavy atom. The zero-order chi connectivity index (χ0) is 41.1. The van der Waals surface area contributed by atoms with Crippen LogP contribution in [0.3, 0.4) is 0 Å². The van der Waals surface area contributed by atoms with Gasteiger partial charge >= 0.3 is 0 Å². The minimum absolute atomic E-state index is 0.0849. The van der Waals surface area contributed by atoms with Crippen LogP contribution in [0.1, 0.15) is 116 Å². The van der Waals surface area contributed by atoms with Crippen LogP contribution in [0, 0.1) is 23.7 Å². The number of oxime groups is 1. The Kier molecular flexibility index (Phi) is 15.9. The van der Waals surface area contributed by atoms with Gasteiger partial charge in [0.2, 0.25) is 11.7 Å². The summed E-state index contributed by atoms with van der Waals surface area (Å²) in [5, 5.41) is 24.7. The molecule has 0 spiro atoms. The van der Waals surface area contributed by atoms with E-state index >= 15 is 0 Å². The fourth-order valence-electron chi connectivity index (χ4n) is 9.82. The number of nitrogens with zero attached hydrogens (tertiary/aromatic N) is 2. The summed E-state index contributed by atoms with van der Waals surface area (Å²) >= 11 is 1.77. The number of rotatable bonds is 21. The van der Waals surface area contributed by atoms with Gasteiger partial charge in [-0.1, -0.05) is 74.0 Å². The Hall–Kier alpha value is -3.31. The van der Waals surface area contributed by atoms with Gasteiger partial charge < -0.3 is 34.2 Å². The van der Waals surface area contributed by atoms with E-state index < -0.39 is 17.4 Å². The van der Waals surface area contributed by atoms with E-state index in [0.29, 0.717) is 31.8 Å². The van der Waals surface area contributed by atoms with Gasteiger partial charge in [0.1, 0.15) is 23.1 Å². The summed E-state index contributed by atoms with van der Waals surface area (Å²) < 4.78 is 20.8. The monoisotopic (exact) mass is 816 g/mol. The van der Waals surface area contributed by atoms with Crippen LogP contribution < -0.4 is 9.47 Å². The molecule has 2 saturated carbocycles. The van der Waals surface area contributed by atoms with Crippen LogP contribution in [-0.4, -0.2) is 83.4 Å². The van der Waals surface area contributed by atoms with Gasteiger partial charge in [0.15, 0.2) is 0 Å². The maximum absolute atomic E-state index is 14.3. The summed E-state index contributed by atoms with van der Waals surface area (Å²) in [6.45, 7) is 11.1. The Morgan fingerprint density at radius 2 is 1.78 bits per heavy atom. The summed E-state index contributed by atoms with van der Waals surface area (Å²) in [5.41, 5.74) is 2.41. The van der Waals surface area contributed by atoms with E-state index in [1.807, 2.05) is 50.9 Å². The van der Waals surface area contributed by atoms with Crippen molar-refractivity contribution in [3.05, 3.63) is 78.4 Å². The van der Waals surface area contributed by atoms with E-state index in [1.165, 1.54) is 30.6 Å². The number of allylic oxidation sites excluding steroid dienone is 1. The molecule has 10 heteroatoms. The molecule has 0 radical (unpaired) electrons. The number of amides is 1. The minimum Gasteiger partial charge on any atom is -0.493 e. The molecule has 9 nitrogen and oxygen atoms in total. The van der Waals surface area contributed by atoms with Gasteiger partial charge in [-0.3, -0.25) is 4.79 Å². The molecule has 6 rings (SSSR count). The van der Waals surface area contributed by atoms with Crippen molar-refractivity contribution in [3.63, 3.8) is 0 Å². The average Bonchev–Trinajstić information content (AvgIpc) is 3.75. The number of aliphatic hydroxyl groups excluding tert-OH is 2. The van der Waals surface area contributed by atoms with Gasteiger partial charge in [0.25, 0.3) is 0 Å². The molecule has 58 heavy (non-hydrogen) atoms. The van der Waals surface area contributed by atoms with Crippen molar-refractivity contribution < 1.29 is 34.1 Å². The number of fused-ring (bicyclic) bond motifs is 2. The molecule has 2 aromatic rings. The third kappa shape index (κ3) is 10.7. The number of unbranched alkanes of at least 4 members (excludes halogenated alkanes) is 2. The Labute approximate surface area is 351 Å². The van der Waals surface area contributed by atoms with Crippen LogP contribution in [0.5, 0.6) is 11.5 Å². The van der Waals surface area contributed by atoms with Crippen molar-refractivity contribution in [2.75, 3.05) is 39.2 Å². The van der Waals surface area contributed by atoms with E-state index in [0.717, 1.165) is 72.6 Å². The molecule has 2 N–H and O–H groups in total. The summed E-state index contributed by atoms with van der Waals surface area (Å²) in [6, 6.07) is 16.1. The molecule has 1 heterocycles. The number of thioether (sulfide) groups is 1. The molecule has 2 aromatic carbocycles. The lowest BCUT2D eigenvalue weighted by atomic mass is 9.55. The Balaban J connectivity index is 1.46. The zero-order valence-corrected chi connectivity index (χ0v) is 36.2. The van der Waals surface area contributed by atoms with Crippen molar-refractivity contribution in [1.82, 2.24) is 4.90 Å². The summed E-state index contributed by atoms with van der Waals surface area (Å²) in [7, 11) is 1.91. The molecule has 318 valence electrons. The Bertz CT molecular complexity index is 1700. The number of hydrogen-bond acceptors (Lipinski definition) is 9. The topological polar surface area (TPSA) is 110 Å². The predicted molar refractivity (Wildman–Crippen MR) is 232 cm³/mol. The highest BCUT2D eigenvalue weighted by molar-refractivity contribution is 7.99. The van der Waals surface area contributed by atoms with Crippen molar-refractivity contribution in [3.8, 4) is 11.5 Å². The number of benzene rings is 2. The standard InChI is InChI=1S/C48H68N2O7S/c1-6-28-55-48-43(50(5)44(53)25-22-34-16-10-11-17-34)33-41(49-57-47(2,3)4)39-31-35(18-12-14-26-51)38(21-13-15-27-52)45(46(39)48)40-32-36(23-24-42(40)56-48)54-29-30-58-37-19-8-7-9-20-37/h6-9,19-20,23-24,31-32,34-35,38,43,45-46,51-52H,1,10-18,21-22,25-30,33H2,2-5H3/t35-,38+,43-,45+,46+,48+/m0/s1. The van der Waals surface area contributed by atoms with Crippen LogP contribution in [0.25, 0.3) is 0 Å². The van der Waals surface area contributed by atoms with E-state index in [2.05, 4.69) is 43.0 Å². The van der Waals surface area contributed by atoms with Gasteiger partial charge in [0.05, 0.1) is 24.8 Å². The highest BCUT2D eigenvalue weighted by atomic mass is 32.2. The van der Waals surface area contributed by atoms with Gasteiger partial charge in [-0.05, 0) is 107 Å². The lowest BCUT2D eigenvalue weighted by molar-refractivity contribution is -0.255. The molecule has 0 bridgehead atoms. The maximum Gasteiger partial charge on any atom is 0.239 e. The van der Waals surface area contributed by atoms with Crippen LogP contribution in [0.2, 0.25) is 0 Å². The molecule has 0 unspecified atom stereocenters. The van der Waals surface area contributed by atoms with Crippen LogP contribution >= 0.6 is 11.8 Å². The lowest BCUT2D eigenvalue weighted by Gasteiger charge is -2.59. The predicted octanol–water partition coefficient (Wildman–Crippen LogP) is 9.72. The molecular formula is C48H68N2O7S. The normalized spacial score (nSPS) is 26.0. The quantitative estimate of drug-likeness (QED) is 0.0555. The van der Waals surface area contributed by atoms with Crippen LogP contribution in [0.15, 0.2) is 82.9 Å². The molecule has 1 aliphatic heterocycles. The molecule has 4 aliphatic rings. The fraction of sp³-hybridized carbons (Fsp3) is 0.625. The number of likely N-dealkylation sites (N-methyl/N-ethyl adjacent to an activating group) is 1. The molecule has 1 amide bonds. The van der Waals surface area contributed by atoms with Crippen molar-refractivity contribution in [1.29, 1.82) is 0 Å². The first kappa shape index (κ1) is 44.2. The minimum atomic E-state index is -1.24. The SMILES string of the molecule is C=CCO[C@@]12Oc3ccc(OCCSc4ccccc4)cc3[C@H]3[C@H](CCCCO)[C@@H](CCCCO)C=C(C(=NOC(C)(C)C)C[C@@H]1N(C)C(=O)CCC1CCCC1)[C@H]32. The van der Waals surface area contributed by atoms with E-state index in [1.54, 1.807) is 17.8 Å². The Morgan fingerprint density at radius 3 is 2.48 bits per heavy atom. The third-order valence-corrected chi connectivity index (χ3v) is 13.5. The van der Waals surface area contributed by atoms with Crippen LogP contribution in [0.4, 0.5) is 0 Å². The number of hydrogen-bond donors (Lipinski definition) is 2. The number of aliphatic hydroxyl groups is 2. The summed E-state index contributed by atoms with van der Waals surface area (Å²) in [6.07, 6.45) is 15.8. The van der Waals surface area contributed by atoms with Gasteiger partial charge in [0, 0.05) is 55.2 Å².